The fourth-order valence-corrected chi connectivity index (χ4v) is 2.36. The molecule has 2 N–H and O–H groups in total. The molecular formula is C17H20O4. The van der Waals surface area contributed by atoms with Crippen molar-refractivity contribution in [3.8, 4) is 23.0 Å². The Kier molecular flexibility index (Phi) is 4.93. The molecule has 2 aromatic carbocycles. The number of methoxy groups -OCH3 is 2. The van der Waals surface area contributed by atoms with Crippen molar-refractivity contribution in [2.75, 3.05) is 14.2 Å². The van der Waals surface area contributed by atoms with Crippen molar-refractivity contribution in [1.82, 2.24) is 0 Å². The maximum atomic E-state index is 10.2. The lowest BCUT2D eigenvalue weighted by atomic mass is 10.0. The van der Waals surface area contributed by atoms with E-state index in [0.717, 1.165) is 12.8 Å². The molecule has 0 aliphatic heterocycles. The van der Waals surface area contributed by atoms with Crippen LogP contribution < -0.4 is 9.47 Å². The number of aromatic hydroxyl groups is 2. The zero-order chi connectivity index (χ0) is 15.2. The molecule has 0 fully saturated rings. The first-order chi connectivity index (χ1) is 10.2. The van der Waals surface area contributed by atoms with Crippen molar-refractivity contribution in [3.63, 3.8) is 0 Å². The van der Waals surface area contributed by atoms with Gasteiger partial charge in [0.2, 0.25) is 5.75 Å². The molecule has 0 atom stereocenters. The van der Waals surface area contributed by atoms with Crippen LogP contribution in [0.4, 0.5) is 0 Å². The maximum Gasteiger partial charge on any atom is 0.203 e. The fourth-order valence-electron chi connectivity index (χ4n) is 2.36. The zero-order valence-corrected chi connectivity index (χ0v) is 12.3. The summed E-state index contributed by atoms with van der Waals surface area (Å²) >= 11 is 0. The quantitative estimate of drug-likeness (QED) is 0.856. The van der Waals surface area contributed by atoms with Gasteiger partial charge in [0.25, 0.3) is 0 Å². The molecule has 0 radical (unpaired) electrons. The van der Waals surface area contributed by atoms with E-state index in [9.17, 15) is 10.2 Å². The molecule has 2 aromatic rings. The van der Waals surface area contributed by atoms with Gasteiger partial charge in [0, 0.05) is 11.6 Å². The normalized spacial score (nSPS) is 10.4. The van der Waals surface area contributed by atoms with E-state index in [1.807, 2.05) is 18.2 Å². The third kappa shape index (κ3) is 3.40. The summed E-state index contributed by atoms with van der Waals surface area (Å²) in [6, 6.07) is 11.6. The van der Waals surface area contributed by atoms with Crippen molar-refractivity contribution < 1.29 is 19.7 Å². The van der Waals surface area contributed by atoms with Gasteiger partial charge in [-0.2, -0.15) is 0 Å². The Labute approximate surface area is 124 Å². The summed E-state index contributed by atoms with van der Waals surface area (Å²) in [5.41, 5.74) is 1.72. The van der Waals surface area contributed by atoms with E-state index in [4.69, 9.17) is 9.47 Å². The monoisotopic (exact) mass is 288 g/mol. The molecule has 21 heavy (non-hydrogen) atoms. The molecule has 0 aliphatic carbocycles. The number of rotatable bonds is 6. The minimum absolute atomic E-state index is 0.0261. The third-order valence-electron chi connectivity index (χ3n) is 3.46. The second-order valence-corrected chi connectivity index (χ2v) is 4.80. The van der Waals surface area contributed by atoms with E-state index in [0.29, 0.717) is 17.7 Å². The molecule has 0 bridgehead atoms. The van der Waals surface area contributed by atoms with Crippen LogP contribution in [0.15, 0.2) is 36.4 Å². The van der Waals surface area contributed by atoms with E-state index >= 15 is 0 Å². The predicted octanol–water partition coefficient (Wildman–Crippen LogP) is 3.29. The third-order valence-corrected chi connectivity index (χ3v) is 3.46. The van der Waals surface area contributed by atoms with E-state index in [2.05, 4.69) is 12.1 Å². The molecule has 0 aromatic heterocycles. The van der Waals surface area contributed by atoms with Crippen molar-refractivity contribution in [3.05, 3.63) is 47.5 Å². The molecule has 0 saturated carbocycles. The van der Waals surface area contributed by atoms with Gasteiger partial charge in [0.15, 0.2) is 11.5 Å². The summed E-state index contributed by atoms with van der Waals surface area (Å²) in [7, 11) is 2.92. The second kappa shape index (κ2) is 6.88. The Morgan fingerprint density at radius 1 is 0.952 bits per heavy atom. The summed E-state index contributed by atoms with van der Waals surface area (Å²) in [5, 5.41) is 20.2. The van der Waals surface area contributed by atoms with Crippen LogP contribution in [0.2, 0.25) is 0 Å². The molecule has 0 amide bonds. The number of ether oxygens (including phenoxy) is 2. The summed E-state index contributed by atoms with van der Waals surface area (Å²) < 4.78 is 10.2. The molecule has 0 unspecified atom stereocenters. The van der Waals surface area contributed by atoms with Gasteiger partial charge in [-0.15, -0.1) is 0 Å². The van der Waals surface area contributed by atoms with E-state index in [-0.39, 0.29) is 17.2 Å². The van der Waals surface area contributed by atoms with Crippen molar-refractivity contribution in [2.24, 2.45) is 0 Å². The fraction of sp³-hybridized carbons (Fsp3) is 0.294. The van der Waals surface area contributed by atoms with Gasteiger partial charge in [-0.25, -0.2) is 0 Å². The molecule has 0 saturated heterocycles. The van der Waals surface area contributed by atoms with Gasteiger partial charge in [0.05, 0.1) is 14.2 Å². The summed E-state index contributed by atoms with van der Waals surface area (Å²) in [4.78, 5) is 0. The first kappa shape index (κ1) is 15.0. The molecule has 112 valence electrons. The number of hydrogen-bond acceptors (Lipinski definition) is 4. The highest BCUT2D eigenvalue weighted by Crippen LogP contribution is 2.44. The first-order valence-electron chi connectivity index (χ1n) is 6.87. The van der Waals surface area contributed by atoms with Gasteiger partial charge in [-0.3, -0.25) is 0 Å². The Hall–Kier alpha value is -2.36. The molecular weight excluding hydrogens is 268 g/mol. The largest absolute Gasteiger partial charge is 0.507 e. The average molecular weight is 288 g/mol. The van der Waals surface area contributed by atoms with Crippen LogP contribution in [0.1, 0.15) is 17.5 Å². The van der Waals surface area contributed by atoms with Crippen LogP contribution in [0.5, 0.6) is 23.0 Å². The summed E-state index contributed by atoms with van der Waals surface area (Å²) in [5.74, 6) is 0.546. The first-order valence-corrected chi connectivity index (χ1v) is 6.87. The van der Waals surface area contributed by atoms with E-state index in [1.165, 1.54) is 25.8 Å². The zero-order valence-electron chi connectivity index (χ0n) is 12.3. The summed E-state index contributed by atoms with van der Waals surface area (Å²) in [6.07, 6.45) is 2.27. The van der Waals surface area contributed by atoms with Crippen LogP contribution in [0.3, 0.4) is 0 Å². The lowest BCUT2D eigenvalue weighted by Gasteiger charge is -2.14. The number of hydrogen-bond donors (Lipinski definition) is 2. The lowest BCUT2D eigenvalue weighted by Crippen LogP contribution is -1.96. The Morgan fingerprint density at radius 3 is 2.29 bits per heavy atom. The highest BCUT2D eigenvalue weighted by molar-refractivity contribution is 5.60. The summed E-state index contributed by atoms with van der Waals surface area (Å²) in [6.45, 7) is 0. The number of phenols is 2. The second-order valence-electron chi connectivity index (χ2n) is 4.80. The molecule has 0 spiro atoms. The highest BCUT2D eigenvalue weighted by Gasteiger charge is 2.18. The Balaban J connectivity index is 2.13. The van der Waals surface area contributed by atoms with Gasteiger partial charge >= 0.3 is 0 Å². The van der Waals surface area contributed by atoms with Crippen molar-refractivity contribution in [1.29, 1.82) is 0 Å². The van der Waals surface area contributed by atoms with Crippen LogP contribution in [0, 0.1) is 0 Å². The molecule has 4 nitrogen and oxygen atoms in total. The Bertz CT molecular complexity index is 593. The van der Waals surface area contributed by atoms with Gasteiger partial charge in [-0.1, -0.05) is 30.3 Å². The van der Waals surface area contributed by atoms with E-state index in [1.54, 1.807) is 0 Å². The van der Waals surface area contributed by atoms with Gasteiger partial charge in [0.1, 0.15) is 5.75 Å². The average Bonchev–Trinajstić information content (AvgIpc) is 2.51. The highest BCUT2D eigenvalue weighted by atomic mass is 16.5. The maximum absolute atomic E-state index is 10.2. The standard InChI is InChI=1S/C17H20O4/c1-20-15-11-14(18)13(16(19)17(15)21-2)10-6-9-12-7-4-3-5-8-12/h3-5,7-8,11,18-19H,6,9-10H2,1-2H3. The lowest BCUT2D eigenvalue weighted by molar-refractivity contribution is 0.326. The van der Waals surface area contributed by atoms with Crippen LogP contribution in [-0.4, -0.2) is 24.4 Å². The molecule has 4 heteroatoms. The van der Waals surface area contributed by atoms with Crippen molar-refractivity contribution in [2.45, 2.75) is 19.3 Å². The minimum Gasteiger partial charge on any atom is -0.507 e. The van der Waals surface area contributed by atoms with E-state index < -0.39 is 0 Å². The van der Waals surface area contributed by atoms with Gasteiger partial charge < -0.3 is 19.7 Å². The number of phenolic OH excluding ortho intramolecular Hbond substituents is 2. The SMILES string of the molecule is COc1cc(O)c(CCCc2ccccc2)c(O)c1OC. The topological polar surface area (TPSA) is 58.9 Å². The predicted molar refractivity (Wildman–Crippen MR) is 81.3 cm³/mol. The van der Waals surface area contributed by atoms with Gasteiger partial charge in [-0.05, 0) is 24.8 Å². The number of benzene rings is 2. The Morgan fingerprint density at radius 2 is 1.67 bits per heavy atom. The molecule has 0 aliphatic rings. The van der Waals surface area contributed by atoms with Crippen molar-refractivity contribution >= 4 is 0 Å². The van der Waals surface area contributed by atoms with Crippen LogP contribution >= 0.6 is 0 Å². The van der Waals surface area contributed by atoms with Crippen LogP contribution in [0.25, 0.3) is 0 Å². The molecule has 0 heterocycles. The minimum atomic E-state index is -0.0533. The molecule has 2 rings (SSSR count). The number of aryl methyl sites for hydroxylation is 1. The smallest absolute Gasteiger partial charge is 0.203 e. The van der Waals surface area contributed by atoms with Crippen LogP contribution in [-0.2, 0) is 12.8 Å².